The van der Waals surface area contributed by atoms with Crippen molar-refractivity contribution in [2.75, 3.05) is 20.2 Å². The molecule has 1 aromatic carbocycles. The molecule has 7 heteroatoms. The van der Waals surface area contributed by atoms with Crippen molar-refractivity contribution in [3.05, 3.63) is 47.0 Å². The van der Waals surface area contributed by atoms with Crippen LogP contribution in [0.2, 0.25) is 0 Å². The van der Waals surface area contributed by atoms with Crippen LogP contribution in [0.25, 0.3) is 0 Å². The summed E-state index contributed by atoms with van der Waals surface area (Å²) in [7, 11) is 1.76. The predicted octanol–water partition coefficient (Wildman–Crippen LogP) is 1.25. The second-order valence-electron chi connectivity index (χ2n) is 6.13. The average Bonchev–Trinajstić information content (AvgIpc) is 3.22. The third-order valence-corrected chi connectivity index (χ3v) is 4.31. The van der Waals surface area contributed by atoms with Crippen LogP contribution < -0.4 is 0 Å². The lowest BCUT2D eigenvalue weighted by atomic mass is 10.00. The lowest BCUT2D eigenvalue weighted by Gasteiger charge is -2.24. The molecule has 3 rings (SSSR count). The first-order valence-corrected chi connectivity index (χ1v) is 8.04. The standard InChI is InChI=1S/C17H22N4O3/c1-11-18-16(20-19-11)14-6-7-24-15(14)9-21(2)17(23)13-5-3-4-12(8-13)10-22/h3-5,8,14-15,22H,6-7,9-10H2,1-2H3,(H,18,19,20)/t14-,15-/m1/s1. The van der Waals surface area contributed by atoms with Crippen molar-refractivity contribution in [1.82, 2.24) is 20.1 Å². The number of nitrogens with one attached hydrogen (secondary N) is 1. The quantitative estimate of drug-likeness (QED) is 0.861. The van der Waals surface area contributed by atoms with Gasteiger partial charge in [0.15, 0.2) is 5.82 Å². The molecule has 1 aliphatic rings. The molecule has 2 aromatic rings. The summed E-state index contributed by atoms with van der Waals surface area (Å²) in [4.78, 5) is 18.6. The van der Waals surface area contributed by atoms with Crippen molar-refractivity contribution in [2.45, 2.75) is 32.0 Å². The predicted molar refractivity (Wildman–Crippen MR) is 87.5 cm³/mol. The molecule has 0 aliphatic carbocycles. The Labute approximate surface area is 140 Å². The van der Waals surface area contributed by atoms with Crippen LogP contribution in [-0.2, 0) is 11.3 Å². The minimum Gasteiger partial charge on any atom is -0.392 e. The Bertz CT molecular complexity index is 715. The van der Waals surface area contributed by atoms with Crippen LogP contribution in [0.4, 0.5) is 0 Å². The smallest absolute Gasteiger partial charge is 0.253 e. The molecule has 0 radical (unpaired) electrons. The van der Waals surface area contributed by atoms with Gasteiger partial charge < -0.3 is 14.7 Å². The van der Waals surface area contributed by atoms with E-state index in [0.717, 1.165) is 23.6 Å². The van der Waals surface area contributed by atoms with Crippen molar-refractivity contribution in [3.8, 4) is 0 Å². The van der Waals surface area contributed by atoms with Gasteiger partial charge in [0.05, 0.1) is 18.6 Å². The van der Waals surface area contributed by atoms with E-state index in [1.54, 1.807) is 36.2 Å². The van der Waals surface area contributed by atoms with Crippen molar-refractivity contribution in [1.29, 1.82) is 0 Å². The molecule has 1 saturated heterocycles. The lowest BCUT2D eigenvalue weighted by molar-refractivity contribution is 0.0550. The van der Waals surface area contributed by atoms with Crippen LogP contribution in [0.3, 0.4) is 0 Å². The maximum Gasteiger partial charge on any atom is 0.253 e. The number of ether oxygens (including phenoxy) is 1. The van der Waals surface area contributed by atoms with Crippen LogP contribution in [-0.4, -0.2) is 57.4 Å². The zero-order valence-corrected chi connectivity index (χ0v) is 13.9. The third kappa shape index (κ3) is 3.47. The van der Waals surface area contributed by atoms with Gasteiger partial charge in [0.25, 0.3) is 5.91 Å². The summed E-state index contributed by atoms with van der Waals surface area (Å²) in [6.07, 6.45) is 0.736. The molecule has 2 atom stereocenters. The van der Waals surface area contributed by atoms with Crippen LogP contribution in [0.5, 0.6) is 0 Å². The van der Waals surface area contributed by atoms with E-state index in [9.17, 15) is 9.90 Å². The van der Waals surface area contributed by atoms with E-state index >= 15 is 0 Å². The van der Waals surface area contributed by atoms with Gasteiger partial charge in [-0.15, -0.1) is 0 Å². The molecule has 1 aromatic heterocycles. The number of aryl methyl sites for hydroxylation is 1. The largest absolute Gasteiger partial charge is 0.392 e. The molecular formula is C17H22N4O3. The highest BCUT2D eigenvalue weighted by molar-refractivity contribution is 5.94. The van der Waals surface area contributed by atoms with Crippen LogP contribution in [0.15, 0.2) is 24.3 Å². The van der Waals surface area contributed by atoms with E-state index < -0.39 is 0 Å². The fraction of sp³-hybridized carbons (Fsp3) is 0.471. The molecule has 2 N–H and O–H groups in total. The van der Waals surface area contributed by atoms with Gasteiger partial charge in [0.1, 0.15) is 5.82 Å². The molecule has 24 heavy (non-hydrogen) atoms. The number of aliphatic hydroxyl groups is 1. The number of H-pyrrole nitrogens is 1. The Morgan fingerprint density at radius 2 is 2.33 bits per heavy atom. The Morgan fingerprint density at radius 3 is 3.04 bits per heavy atom. The van der Waals surface area contributed by atoms with Crippen LogP contribution in [0.1, 0.15) is 39.9 Å². The number of rotatable bonds is 5. The number of benzene rings is 1. The molecule has 128 valence electrons. The summed E-state index contributed by atoms with van der Waals surface area (Å²) in [5.41, 5.74) is 1.28. The average molecular weight is 330 g/mol. The summed E-state index contributed by atoms with van der Waals surface area (Å²) in [6.45, 7) is 2.90. The van der Waals surface area contributed by atoms with Crippen molar-refractivity contribution in [3.63, 3.8) is 0 Å². The lowest BCUT2D eigenvalue weighted by Crippen LogP contribution is -2.36. The van der Waals surface area contributed by atoms with Gasteiger partial charge >= 0.3 is 0 Å². The molecule has 1 amide bonds. The van der Waals surface area contributed by atoms with Crippen molar-refractivity contribution < 1.29 is 14.6 Å². The Hall–Kier alpha value is -2.25. The molecule has 0 spiro atoms. The van der Waals surface area contributed by atoms with E-state index in [-0.39, 0.29) is 24.5 Å². The molecular weight excluding hydrogens is 308 g/mol. The van der Waals surface area contributed by atoms with Gasteiger partial charge in [0, 0.05) is 25.8 Å². The second-order valence-corrected chi connectivity index (χ2v) is 6.13. The Morgan fingerprint density at radius 1 is 1.50 bits per heavy atom. The molecule has 7 nitrogen and oxygen atoms in total. The number of hydrogen-bond acceptors (Lipinski definition) is 5. The van der Waals surface area contributed by atoms with Crippen LogP contribution >= 0.6 is 0 Å². The van der Waals surface area contributed by atoms with Crippen molar-refractivity contribution in [2.24, 2.45) is 0 Å². The maximum atomic E-state index is 12.6. The van der Waals surface area contributed by atoms with Gasteiger partial charge in [-0.3, -0.25) is 9.89 Å². The maximum absolute atomic E-state index is 12.6. The fourth-order valence-electron chi connectivity index (χ4n) is 3.03. The topological polar surface area (TPSA) is 91.3 Å². The first-order valence-electron chi connectivity index (χ1n) is 8.04. The summed E-state index contributed by atoms with van der Waals surface area (Å²) in [5, 5.41) is 16.3. The Balaban J connectivity index is 1.69. The van der Waals surface area contributed by atoms with Gasteiger partial charge in [-0.05, 0) is 31.0 Å². The number of aromatic nitrogens is 3. The molecule has 0 unspecified atom stereocenters. The number of likely N-dealkylation sites (N-methyl/N-ethyl adjacent to an activating group) is 1. The highest BCUT2D eigenvalue weighted by atomic mass is 16.5. The number of nitrogens with zero attached hydrogens (tertiary/aromatic N) is 3. The molecule has 1 fully saturated rings. The minimum absolute atomic E-state index is 0.0805. The van der Waals surface area contributed by atoms with E-state index in [4.69, 9.17) is 4.74 Å². The third-order valence-electron chi connectivity index (χ3n) is 4.31. The highest BCUT2D eigenvalue weighted by Gasteiger charge is 2.34. The first kappa shape index (κ1) is 16.6. The highest BCUT2D eigenvalue weighted by Crippen LogP contribution is 2.29. The first-order chi connectivity index (χ1) is 11.6. The molecule has 0 saturated carbocycles. The molecule has 0 bridgehead atoms. The second kappa shape index (κ2) is 7.11. The number of hydrogen-bond donors (Lipinski definition) is 2. The zero-order chi connectivity index (χ0) is 17.1. The van der Waals surface area contributed by atoms with Crippen LogP contribution in [0, 0.1) is 6.92 Å². The molecule has 1 aliphatic heterocycles. The van der Waals surface area contributed by atoms with Gasteiger partial charge in [-0.25, -0.2) is 4.98 Å². The summed E-state index contributed by atoms with van der Waals surface area (Å²) < 4.78 is 5.80. The van der Waals surface area contributed by atoms with Gasteiger partial charge in [0.2, 0.25) is 0 Å². The van der Waals surface area contributed by atoms with E-state index in [1.807, 2.05) is 6.92 Å². The monoisotopic (exact) mass is 330 g/mol. The fourth-order valence-corrected chi connectivity index (χ4v) is 3.03. The van der Waals surface area contributed by atoms with E-state index in [1.165, 1.54) is 0 Å². The number of carbonyl (C=O) groups excluding carboxylic acids is 1. The normalized spacial score (nSPS) is 20.3. The number of aliphatic hydroxyl groups excluding tert-OH is 1. The van der Waals surface area contributed by atoms with Gasteiger partial charge in [-0.2, -0.15) is 5.10 Å². The van der Waals surface area contributed by atoms with Gasteiger partial charge in [-0.1, -0.05) is 12.1 Å². The number of carbonyl (C=O) groups is 1. The van der Waals surface area contributed by atoms with E-state index in [0.29, 0.717) is 18.7 Å². The van der Waals surface area contributed by atoms with Crippen molar-refractivity contribution >= 4 is 5.91 Å². The zero-order valence-electron chi connectivity index (χ0n) is 13.9. The Kier molecular flexibility index (Phi) is 4.92. The molecule has 2 heterocycles. The summed E-state index contributed by atoms with van der Waals surface area (Å²) >= 11 is 0. The minimum atomic E-state index is -0.116. The van der Waals surface area contributed by atoms with E-state index in [2.05, 4.69) is 15.2 Å². The summed E-state index contributed by atoms with van der Waals surface area (Å²) in [6, 6.07) is 7.03. The number of amides is 1. The number of aromatic amines is 1. The SMILES string of the molecule is Cc1nc([C@@H]2CCO[C@@H]2CN(C)C(=O)c2cccc(CO)c2)n[nH]1. The summed E-state index contributed by atoms with van der Waals surface area (Å²) in [5.74, 6) is 1.53.